The Bertz CT molecular complexity index is 1410. The quantitative estimate of drug-likeness (QED) is 0.236. The molecule has 0 aliphatic heterocycles. The summed E-state index contributed by atoms with van der Waals surface area (Å²) in [6.07, 6.45) is 1.62. The largest absolute Gasteiger partial charge is 0.496 e. The molecule has 4 rings (SSSR count). The summed E-state index contributed by atoms with van der Waals surface area (Å²) in [4.78, 5) is 12.1. The van der Waals surface area contributed by atoms with Crippen LogP contribution in [-0.4, -0.2) is 33.0 Å². The first-order valence-corrected chi connectivity index (χ1v) is 11.5. The second-order valence-corrected chi connectivity index (χ2v) is 9.06. The molecular weight excluding hydrogens is 474 g/mol. The highest BCUT2D eigenvalue weighted by atomic mass is 35.5. The van der Waals surface area contributed by atoms with Crippen molar-refractivity contribution in [2.75, 3.05) is 7.11 Å². The molecule has 0 atom stereocenters. The van der Waals surface area contributed by atoms with Gasteiger partial charge in [0.05, 0.1) is 12.7 Å². The molecule has 0 bridgehead atoms. The maximum Gasteiger partial charge on any atom is 0.342 e. The second-order valence-electron chi connectivity index (χ2n) is 7.63. The third-order valence-corrected chi connectivity index (χ3v) is 6.31. The predicted molar refractivity (Wildman–Crippen MR) is 133 cm³/mol. The van der Waals surface area contributed by atoms with Crippen molar-refractivity contribution in [2.24, 2.45) is 0 Å². The van der Waals surface area contributed by atoms with Crippen molar-refractivity contribution in [3.63, 3.8) is 0 Å². The topological polar surface area (TPSA) is 90.4 Å². The number of halogens is 1. The number of carboxylic acid groups (broad SMARTS) is 1. The zero-order valence-electron chi connectivity index (χ0n) is 19.0. The SMILES string of the molecule is COc1ccc(Cl)cc1-c1nnc(S/C(=C/c2cc(C)n(-c3cccc(C)c3)c2C)C(=O)O)o1. The number of aliphatic carboxylic acids is 1. The van der Waals surface area contributed by atoms with Gasteiger partial charge in [-0.15, -0.1) is 10.2 Å². The van der Waals surface area contributed by atoms with Crippen LogP contribution >= 0.6 is 23.4 Å². The van der Waals surface area contributed by atoms with Gasteiger partial charge in [0.1, 0.15) is 10.7 Å². The molecule has 2 aromatic heterocycles. The van der Waals surface area contributed by atoms with Gasteiger partial charge in [0.25, 0.3) is 11.1 Å². The summed E-state index contributed by atoms with van der Waals surface area (Å²) in [5.41, 5.74) is 5.41. The summed E-state index contributed by atoms with van der Waals surface area (Å²) in [6.45, 7) is 5.99. The fourth-order valence-corrected chi connectivity index (χ4v) is 4.51. The number of hydrogen-bond acceptors (Lipinski definition) is 6. The van der Waals surface area contributed by atoms with Crippen LogP contribution in [0.1, 0.15) is 22.5 Å². The molecule has 9 heteroatoms. The number of rotatable bonds is 7. The molecule has 34 heavy (non-hydrogen) atoms. The van der Waals surface area contributed by atoms with Crippen molar-refractivity contribution in [1.82, 2.24) is 14.8 Å². The molecule has 0 radical (unpaired) electrons. The second kappa shape index (κ2) is 9.79. The Morgan fingerprint density at radius 2 is 1.94 bits per heavy atom. The minimum atomic E-state index is -1.09. The maximum atomic E-state index is 12.0. The Morgan fingerprint density at radius 3 is 2.65 bits per heavy atom. The van der Waals surface area contributed by atoms with Crippen LogP contribution in [0.15, 0.2) is 63.1 Å². The average Bonchev–Trinajstić information content (AvgIpc) is 3.37. The molecule has 0 unspecified atom stereocenters. The van der Waals surface area contributed by atoms with Gasteiger partial charge in [0.15, 0.2) is 0 Å². The number of aromatic nitrogens is 3. The Labute approximate surface area is 206 Å². The van der Waals surface area contributed by atoms with Crippen LogP contribution in [0.5, 0.6) is 5.75 Å². The van der Waals surface area contributed by atoms with Gasteiger partial charge in [0.2, 0.25) is 0 Å². The fourth-order valence-electron chi connectivity index (χ4n) is 3.68. The first kappa shape index (κ1) is 23.7. The van der Waals surface area contributed by atoms with E-state index in [9.17, 15) is 9.90 Å². The maximum absolute atomic E-state index is 12.0. The van der Waals surface area contributed by atoms with Crippen LogP contribution in [0.25, 0.3) is 23.2 Å². The number of benzene rings is 2. The van der Waals surface area contributed by atoms with E-state index < -0.39 is 5.97 Å². The van der Waals surface area contributed by atoms with Crippen LogP contribution in [0.2, 0.25) is 5.02 Å². The van der Waals surface area contributed by atoms with E-state index in [0.29, 0.717) is 16.3 Å². The van der Waals surface area contributed by atoms with Gasteiger partial charge < -0.3 is 18.8 Å². The lowest BCUT2D eigenvalue weighted by atomic mass is 10.2. The number of hydrogen-bond donors (Lipinski definition) is 1. The van der Waals surface area contributed by atoms with E-state index in [1.165, 1.54) is 7.11 Å². The minimum Gasteiger partial charge on any atom is -0.496 e. The van der Waals surface area contributed by atoms with Crippen molar-refractivity contribution < 1.29 is 19.1 Å². The molecule has 0 amide bonds. The highest BCUT2D eigenvalue weighted by Crippen LogP contribution is 2.35. The number of aryl methyl sites for hydroxylation is 2. The first-order chi connectivity index (χ1) is 16.3. The van der Waals surface area contributed by atoms with E-state index in [2.05, 4.69) is 20.8 Å². The lowest BCUT2D eigenvalue weighted by molar-refractivity contribution is -0.131. The summed E-state index contributed by atoms with van der Waals surface area (Å²) >= 11 is 6.97. The average molecular weight is 496 g/mol. The summed E-state index contributed by atoms with van der Waals surface area (Å²) in [5.74, 6) is -0.392. The smallest absolute Gasteiger partial charge is 0.342 e. The molecule has 0 fully saturated rings. The fraction of sp³-hybridized carbons (Fsp3) is 0.160. The molecule has 0 saturated carbocycles. The third kappa shape index (κ3) is 4.88. The van der Waals surface area contributed by atoms with Gasteiger partial charge in [-0.3, -0.25) is 0 Å². The van der Waals surface area contributed by atoms with Crippen LogP contribution < -0.4 is 4.74 Å². The van der Waals surface area contributed by atoms with E-state index in [-0.39, 0.29) is 16.0 Å². The Balaban J connectivity index is 1.66. The van der Waals surface area contributed by atoms with Gasteiger partial charge in [-0.25, -0.2) is 4.79 Å². The molecule has 0 aliphatic carbocycles. The van der Waals surface area contributed by atoms with Gasteiger partial charge in [-0.1, -0.05) is 23.7 Å². The Hall–Kier alpha value is -3.49. The summed E-state index contributed by atoms with van der Waals surface area (Å²) in [6, 6.07) is 15.1. The normalized spacial score (nSPS) is 11.6. The molecule has 2 aromatic carbocycles. The number of carbonyl (C=O) groups is 1. The molecule has 2 heterocycles. The number of carboxylic acids is 1. The van der Waals surface area contributed by atoms with Crippen molar-refractivity contribution >= 4 is 35.4 Å². The van der Waals surface area contributed by atoms with E-state index >= 15 is 0 Å². The molecule has 0 aliphatic rings. The third-order valence-electron chi connectivity index (χ3n) is 5.22. The van der Waals surface area contributed by atoms with E-state index in [1.807, 2.05) is 45.0 Å². The van der Waals surface area contributed by atoms with Gasteiger partial charge >= 0.3 is 5.97 Å². The monoisotopic (exact) mass is 495 g/mol. The predicted octanol–water partition coefficient (Wildman–Crippen LogP) is 6.33. The Kier molecular flexibility index (Phi) is 6.81. The minimum absolute atomic E-state index is 0.0535. The molecule has 0 saturated heterocycles. The Morgan fingerprint density at radius 1 is 1.15 bits per heavy atom. The molecule has 4 aromatic rings. The van der Waals surface area contributed by atoms with Crippen molar-refractivity contribution in [3.8, 4) is 22.9 Å². The highest BCUT2D eigenvalue weighted by Gasteiger charge is 2.19. The van der Waals surface area contributed by atoms with E-state index in [4.69, 9.17) is 20.8 Å². The van der Waals surface area contributed by atoms with E-state index in [0.717, 1.165) is 40.0 Å². The van der Waals surface area contributed by atoms with Gasteiger partial charge in [0, 0.05) is 22.1 Å². The lowest BCUT2D eigenvalue weighted by Gasteiger charge is -2.10. The number of nitrogens with zero attached hydrogens (tertiary/aromatic N) is 3. The summed E-state index contributed by atoms with van der Waals surface area (Å²) in [7, 11) is 1.53. The molecule has 174 valence electrons. The molecule has 0 spiro atoms. The van der Waals surface area contributed by atoms with Crippen LogP contribution in [0.3, 0.4) is 0 Å². The van der Waals surface area contributed by atoms with Gasteiger partial charge in [-0.2, -0.15) is 0 Å². The van der Waals surface area contributed by atoms with Crippen molar-refractivity contribution in [1.29, 1.82) is 0 Å². The number of methoxy groups -OCH3 is 1. The number of ether oxygens (including phenoxy) is 1. The van der Waals surface area contributed by atoms with E-state index in [1.54, 1.807) is 24.3 Å². The standard InChI is InChI=1S/C25H22ClN3O4S/c1-14-6-5-7-19(10-14)29-15(2)11-17(16(29)3)12-22(24(30)31)34-25-28-27-23(33-25)20-13-18(26)8-9-21(20)32-4/h5-13H,1-4H3,(H,30,31)/b22-12+. The van der Waals surface area contributed by atoms with Crippen LogP contribution in [0, 0.1) is 20.8 Å². The molecule has 1 N–H and O–H groups in total. The van der Waals surface area contributed by atoms with Crippen LogP contribution in [0.4, 0.5) is 0 Å². The van der Waals surface area contributed by atoms with Gasteiger partial charge in [-0.05, 0) is 86.1 Å². The molecular formula is C25H22ClN3O4S. The number of thioether (sulfide) groups is 1. The molecule has 7 nitrogen and oxygen atoms in total. The highest BCUT2D eigenvalue weighted by molar-refractivity contribution is 8.03. The van der Waals surface area contributed by atoms with Crippen LogP contribution in [-0.2, 0) is 4.79 Å². The zero-order chi connectivity index (χ0) is 24.4. The lowest BCUT2D eigenvalue weighted by Crippen LogP contribution is -2.00. The van der Waals surface area contributed by atoms with Crippen molar-refractivity contribution in [3.05, 3.63) is 81.0 Å². The summed E-state index contributed by atoms with van der Waals surface area (Å²) in [5, 5.41) is 18.5. The summed E-state index contributed by atoms with van der Waals surface area (Å²) < 4.78 is 13.1. The zero-order valence-corrected chi connectivity index (χ0v) is 20.6. The first-order valence-electron chi connectivity index (χ1n) is 10.3. The van der Waals surface area contributed by atoms with Crippen molar-refractivity contribution in [2.45, 2.75) is 26.0 Å².